The average Bonchev–Trinajstić information content (AvgIpc) is 2.67. The average molecular weight is 338 g/mol. The third-order valence-electron chi connectivity index (χ3n) is 5.35. The Balaban J connectivity index is 1.85. The summed E-state index contributed by atoms with van der Waals surface area (Å²) in [4.78, 5) is 2.50. The van der Waals surface area contributed by atoms with Crippen molar-refractivity contribution in [3.05, 3.63) is 48.5 Å². The van der Waals surface area contributed by atoms with E-state index in [9.17, 15) is 0 Å². The van der Waals surface area contributed by atoms with E-state index in [1.54, 1.807) is 7.11 Å². The maximum atomic E-state index is 6.38. The van der Waals surface area contributed by atoms with Gasteiger partial charge in [0, 0.05) is 30.4 Å². The third kappa shape index (κ3) is 4.16. The van der Waals surface area contributed by atoms with E-state index in [4.69, 9.17) is 10.5 Å². The van der Waals surface area contributed by atoms with Crippen molar-refractivity contribution in [1.29, 1.82) is 0 Å². The fourth-order valence-corrected chi connectivity index (χ4v) is 3.79. The largest absolute Gasteiger partial charge is 0.496 e. The van der Waals surface area contributed by atoms with E-state index in [-0.39, 0.29) is 0 Å². The van der Waals surface area contributed by atoms with E-state index < -0.39 is 0 Å². The highest BCUT2D eigenvalue weighted by Gasteiger charge is 2.26. The van der Waals surface area contributed by atoms with Gasteiger partial charge in [-0.05, 0) is 42.5 Å². The molecule has 2 aromatic carbocycles. The van der Waals surface area contributed by atoms with E-state index in [2.05, 4.69) is 54.3 Å². The minimum absolute atomic E-state index is 0.342. The van der Waals surface area contributed by atoms with Crippen molar-refractivity contribution in [2.24, 2.45) is 11.7 Å². The number of methoxy groups -OCH3 is 1. The number of hydrogen-bond donors (Lipinski definition) is 1. The van der Waals surface area contributed by atoms with Crippen molar-refractivity contribution in [3.8, 4) is 16.9 Å². The van der Waals surface area contributed by atoms with Crippen molar-refractivity contribution < 1.29 is 4.74 Å². The minimum atomic E-state index is 0.342. The highest BCUT2D eigenvalue weighted by molar-refractivity contribution is 5.74. The molecule has 1 heterocycles. The first kappa shape index (κ1) is 17.8. The van der Waals surface area contributed by atoms with Crippen LogP contribution in [-0.2, 0) is 0 Å². The summed E-state index contributed by atoms with van der Waals surface area (Å²) >= 11 is 0. The molecule has 134 valence electrons. The van der Waals surface area contributed by atoms with Crippen LogP contribution in [-0.4, -0.2) is 26.2 Å². The number of nitrogens with two attached hydrogens (primary N) is 1. The van der Waals surface area contributed by atoms with Crippen LogP contribution < -0.4 is 15.4 Å². The van der Waals surface area contributed by atoms with Crippen LogP contribution >= 0.6 is 0 Å². The van der Waals surface area contributed by atoms with Crippen LogP contribution in [0, 0.1) is 5.92 Å². The zero-order valence-corrected chi connectivity index (χ0v) is 15.4. The van der Waals surface area contributed by atoms with Gasteiger partial charge in [0.05, 0.1) is 7.11 Å². The lowest BCUT2D eigenvalue weighted by Crippen LogP contribution is -2.47. The molecule has 3 rings (SSSR count). The fourth-order valence-electron chi connectivity index (χ4n) is 3.79. The van der Waals surface area contributed by atoms with E-state index in [1.807, 2.05) is 6.07 Å². The summed E-state index contributed by atoms with van der Waals surface area (Å²) in [5.74, 6) is 1.52. The molecule has 3 heteroatoms. The molecule has 0 unspecified atom stereocenters. The number of rotatable bonds is 6. The Morgan fingerprint density at radius 1 is 1.16 bits per heavy atom. The molecular weight excluding hydrogens is 308 g/mol. The molecule has 0 aromatic heterocycles. The second-order valence-electron chi connectivity index (χ2n) is 7.05. The highest BCUT2D eigenvalue weighted by atomic mass is 16.5. The SMILES string of the molecule is CCCC[C@H]1CN(c2ccc(OC)c(-c3ccccc3)c2)CC[C@H]1N. The van der Waals surface area contributed by atoms with Crippen LogP contribution in [0.1, 0.15) is 32.6 Å². The van der Waals surface area contributed by atoms with Crippen molar-refractivity contribution in [1.82, 2.24) is 0 Å². The zero-order chi connectivity index (χ0) is 17.6. The zero-order valence-electron chi connectivity index (χ0n) is 15.4. The summed E-state index contributed by atoms with van der Waals surface area (Å²) in [6, 6.07) is 17.3. The molecular formula is C22H30N2O. The van der Waals surface area contributed by atoms with Gasteiger partial charge in [-0.15, -0.1) is 0 Å². The monoisotopic (exact) mass is 338 g/mol. The molecule has 0 aliphatic carbocycles. The number of benzene rings is 2. The van der Waals surface area contributed by atoms with E-state index >= 15 is 0 Å². The van der Waals surface area contributed by atoms with Gasteiger partial charge < -0.3 is 15.4 Å². The molecule has 0 saturated carbocycles. The first-order valence-corrected chi connectivity index (χ1v) is 9.47. The summed E-state index contributed by atoms with van der Waals surface area (Å²) in [5.41, 5.74) is 10.00. The lowest BCUT2D eigenvalue weighted by atomic mass is 9.88. The van der Waals surface area contributed by atoms with Crippen LogP contribution in [0.5, 0.6) is 5.75 Å². The second-order valence-corrected chi connectivity index (χ2v) is 7.05. The molecule has 0 amide bonds. The molecule has 2 atom stereocenters. The van der Waals surface area contributed by atoms with Crippen LogP contribution in [0.3, 0.4) is 0 Å². The predicted molar refractivity (Wildman–Crippen MR) is 106 cm³/mol. The molecule has 0 bridgehead atoms. The van der Waals surface area contributed by atoms with Crippen LogP contribution in [0.15, 0.2) is 48.5 Å². The van der Waals surface area contributed by atoms with Crippen molar-refractivity contribution in [2.75, 3.05) is 25.1 Å². The van der Waals surface area contributed by atoms with Gasteiger partial charge in [-0.2, -0.15) is 0 Å². The Morgan fingerprint density at radius 3 is 2.68 bits per heavy atom. The van der Waals surface area contributed by atoms with E-state index in [1.165, 1.54) is 30.5 Å². The summed E-state index contributed by atoms with van der Waals surface area (Å²) in [7, 11) is 1.74. The maximum Gasteiger partial charge on any atom is 0.126 e. The van der Waals surface area contributed by atoms with Crippen LogP contribution in [0.2, 0.25) is 0 Å². The number of unbranched alkanes of at least 4 members (excludes halogenated alkanes) is 1. The number of piperidine rings is 1. The Kier molecular flexibility index (Phi) is 5.98. The topological polar surface area (TPSA) is 38.5 Å². The number of ether oxygens (including phenoxy) is 1. The first-order chi connectivity index (χ1) is 12.2. The molecule has 1 saturated heterocycles. The lowest BCUT2D eigenvalue weighted by molar-refractivity contribution is 0.330. The van der Waals surface area contributed by atoms with Gasteiger partial charge in [-0.1, -0.05) is 50.1 Å². The Morgan fingerprint density at radius 2 is 1.96 bits per heavy atom. The van der Waals surface area contributed by atoms with Gasteiger partial charge in [0.2, 0.25) is 0 Å². The van der Waals surface area contributed by atoms with Crippen molar-refractivity contribution >= 4 is 5.69 Å². The third-order valence-corrected chi connectivity index (χ3v) is 5.35. The first-order valence-electron chi connectivity index (χ1n) is 9.47. The molecule has 0 radical (unpaired) electrons. The molecule has 1 fully saturated rings. The predicted octanol–water partition coefficient (Wildman–Crippen LogP) is 4.71. The standard InChI is InChI=1S/C22H30N2O/c1-3-4-8-18-16-24(14-13-21(18)23)19-11-12-22(25-2)20(15-19)17-9-6-5-7-10-17/h5-7,9-12,15,18,21H,3-4,8,13-14,16,23H2,1-2H3/t18-,21+/m0/s1. The normalized spacial score (nSPS) is 20.5. The van der Waals surface area contributed by atoms with Crippen LogP contribution in [0.4, 0.5) is 5.69 Å². The lowest BCUT2D eigenvalue weighted by Gasteiger charge is -2.38. The molecule has 0 spiro atoms. The van der Waals surface area contributed by atoms with Gasteiger partial charge >= 0.3 is 0 Å². The minimum Gasteiger partial charge on any atom is -0.496 e. The molecule has 2 N–H and O–H groups in total. The summed E-state index contributed by atoms with van der Waals surface area (Å²) in [5, 5.41) is 0. The van der Waals surface area contributed by atoms with Gasteiger partial charge in [0.1, 0.15) is 5.75 Å². The second kappa shape index (κ2) is 8.39. The Bertz CT molecular complexity index is 671. The van der Waals surface area contributed by atoms with Crippen molar-refractivity contribution in [3.63, 3.8) is 0 Å². The van der Waals surface area contributed by atoms with Crippen LogP contribution in [0.25, 0.3) is 11.1 Å². The van der Waals surface area contributed by atoms with Gasteiger partial charge in [0.25, 0.3) is 0 Å². The quantitative estimate of drug-likeness (QED) is 0.829. The van der Waals surface area contributed by atoms with E-state index in [0.29, 0.717) is 12.0 Å². The molecule has 1 aliphatic heterocycles. The molecule has 25 heavy (non-hydrogen) atoms. The fraction of sp³-hybridized carbons (Fsp3) is 0.455. The summed E-state index contributed by atoms with van der Waals surface area (Å²) in [6.45, 7) is 4.34. The summed E-state index contributed by atoms with van der Waals surface area (Å²) in [6.07, 6.45) is 4.81. The Hall–Kier alpha value is -2.00. The van der Waals surface area contributed by atoms with E-state index in [0.717, 1.165) is 30.8 Å². The van der Waals surface area contributed by atoms with Gasteiger partial charge in [-0.3, -0.25) is 0 Å². The molecule has 2 aromatic rings. The van der Waals surface area contributed by atoms with Gasteiger partial charge in [-0.25, -0.2) is 0 Å². The van der Waals surface area contributed by atoms with Crippen molar-refractivity contribution in [2.45, 2.75) is 38.6 Å². The van der Waals surface area contributed by atoms with Gasteiger partial charge in [0.15, 0.2) is 0 Å². The maximum absolute atomic E-state index is 6.38. The number of anilines is 1. The molecule has 1 aliphatic rings. The number of hydrogen-bond acceptors (Lipinski definition) is 3. The molecule has 3 nitrogen and oxygen atoms in total. The number of nitrogens with zero attached hydrogens (tertiary/aromatic N) is 1. The smallest absolute Gasteiger partial charge is 0.126 e. The Labute approximate surface area is 151 Å². The summed E-state index contributed by atoms with van der Waals surface area (Å²) < 4.78 is 5.59. The highest BCUT2D eigenvalue weighted by Crippen LogP contribution is 2.35.